The summed E-state index contributed by atoms with van der Waals surface area (Å²) < 4.78 is 0. The zero-order valence-electron chi connectivity index (χ0n) is 9.32. The Labute approximate surface area is 98.3 Å². The van der Waals surface area contributed by atoms with Gasteiger partial charge in [0.2, 0.25) is 5.60 Å². The van der Waals surface area contributed by atoms with Crippen LogP contribution in [0, 0.1) is 6.92 Å². The highest BCUT2D eigenvalue weighted by Gasteiger charge is 2.47. The molecule has 3 rings (SSSR count). The van der Waals surface area contributed by atoms with Gasteiger partial charge in [0.05, 0.1) is 5.69 Å². The number of anilines is 1. The average Bonchev–Trinajstić information content (AvgIpc) is 2.90. The maximum atomic E-state index is 12.0. The molecule has 3 N–H and O–H groups in total. The molecule has 0 saturated heterocycles. The first-order valence-corrected chi connectivity index (χ1v) is 5.41. The van der Waals surface area contributed by atoms with E-state index in [-0.39, 0.29) is 0 Å². The van der Waals surface area contributed by atoms with Crippen LogP contribution in [0.3, 0.4) is 0 Å². The van der Waals surface area contributed by atoms with Crippen LogP contribution in [0.1, 0.15) is 16.8 Å². The van der Waals surface area contributed by atoms with Crippen molar-refractivity contribution in [3.8, 4) is 0 Å². The molecule has 0 aliphatic carbocycles. The third kappa shape index (κ3) is 1.24. The van der Waals surface area contributed by atoms with Crippen molar-refractivity contribution in [2.75, 3.05) is 5.32 Å². The van der Waals surface area contributed by atoms with E-state index in [1.807, 2.05) is 25.1 Å². The molecule has 1 aliphatic rings. The molecule has 1 amide bonds. The summed E-state index contributed by atoms with van der Waals surface area (Å²) in [4.78, 5) is 14.9. The largest absolute Gasteiger partial charge is 0.371 e. The number of hydrogen-bond donors (Lipinski definition) is 3. The van der Waals surface area contributed by atoms with Crippen LogP contribution in [-0.2, 0) is 10.4 Å². The number of hydrogen-bond acceptors (Lipinski definition) is 2. The normalized spacial score (nSPS) is 22.4. The lowest BCUT2D eigenvalue weighted by Crippen LogP contribution is -2.35. The maximum absolute atomic E-state index is 12.0. The van der Waals surface area contributed by atoms with Crippen molar-refractivity contribution in [2.45, 2.75) is 12.5 Å². The topological polar surface area (TPSA) is 65.1 Å². The Hall–Kier alpha value is -2.07. The Morgan fingerprint density at radius 1 is 1.29 bits per heavy atom. The molecule has 17 heavy (non-hydrogen) atoms. The van der Waals surface area contributed by atoms with Crippen LogP contribution < -0.4 is 5.32 Å². The first-order valence-electron chi connectivity index (χ1n) is 5.41. The number of carbonyl (C=O) groups is 1. The molecule has 0 bridgehead atoms. The summed E-state index contributed by atoms with van der Waals surface area (Å²) in [6, 6.07) is 9.00. The second-order valence-corrected chi connectivity index (χ2v) is 4.30. The number of fused-ring (bicyclic) bond motifs is 1. The maximum Gasteiger partial charge on any atom is 0.267 e. The number of rotatable bonds is 1. The van der Waals surface area contributed by atoms with Gasteiger partial charge in [0, 0.05) is 17.4 Å². The molecule has 2 heterocycles. The minimum atomic E-state index is -1.61. The zero-order chi connectivity index (χ0) is 12.0. The molecule has 0 unspecified atom stereocenters. The first-order chi connectivity index (χ1) is 8.12. The fourth-order valence-corrected chi connectivity index (χ4v) is 2.22. The molecular formula is C13H12N2O2. The molecule has 0 radical (unpaired) electrons. The molecular weight excluding hydrogens is 216 g/mol. The van der Waals surface area contributed by atoms with Gasteiger partial charge in [-0.05, 0) is 25.1 Å². The lowest BCUT2D eigenvalue weighted by molar-refractivity contribution is -0.130. The summed E-state index contributed by atoms with van der Waals surface area (Å²) in [7, 11) is 0. The van der Waals surface area contributed by atoms with Gasteiger partial charge < -0.3 is 15.4 Å². The van der Waals surface area contributed by atoms with Crippen LogP contribution in [0.4, 0.5) is 5.69 Å². The highest BCUT2D eigenvalue weighted by atomic mass is 16.3. The molecule has 4 nitrogen and oxygen atoms in total. The quantitative estimate of drug-likeness (QED) is 0.692. The van der Waals surface area contributed by atoms with E-state index in [1.54, 1.807) is 18.3 Å². The van der Waals surface area contributed by atoms with Crippen molar-refractivity contribution in [3.05, 3.63) is 53.3 Å². The van der Waals surface area contributed by atoms with Gasteiger partial charge in [-0.15, -0.1) is 0 Å². The number of amides is 1. The van der Waals surface area contributed by atoms with Crippen LogP contribution >= 0.6 is 0 Å². The standard InChI is InChI=1S/C13H12N2O2/c1-8-4-5-10-9(7-8)13(17,12(16)15-10)11-3-2-6-14-11/h2-7,14,17H,1H3,(H,15,16)/t13-/m0/s1. The number of carbonyl (C=O) groups excluding carboxylic acids is 1. The van der Waals surface area contributed by atoms with Crippen molar-refractivity contribution in [1.82, 2.24) is 4.98 Å². The number of aryl methyl sites for hydroxylation is 1. The fourth-order valence-electron chi connectivity index (χ4n) is 2.22. The van der Waals surface area contributed by atoms with Crippen molar-refractivity contribution < 1.29 is 9.90 Å². The van der Waals surface area contributed by atoms with Crippen LogP contribution in [0.15, 0.2) is 36.5 Å². The third-order valence-electron chi connectivity index (χ3n) is 3.13. The Morgan fingerprint density at radius 2 is 2.12 bits per heavy atom. The van der Waals surface area contributed by atoms with E-state index in [0.29, 0.717) is 16.9 Å². The number of nitrogens with one attached hydrogen (secondary N) is 2. The van der Waals surface area contributed by atoms with Gasteiger partial charge >= 0.3 is 0 Å². The van der Waals surface area contributed by atoms with E-state index in [2.05, 4.69) is 10.3 Å². The predicted octanol–water partition coefficient (Wildman–Crippen LogP) is 1.51. The fraction of sp³-hybridized carbons (Fsp3) is 0.154. The first kappa shape index (κ1) is 10.1. The Bertz CT molecular complexity index is 589. The van der Waals surface area contributed by atoms with Crippen LogP contribution in [0.5, 0.6) is 0 Å². The molecule has 0 fully saturated rings. The molecule has 0 spiro atoms. The van der Waals surface area contributed by atoms with Gasteiger partial charge in [0.25, 0.3) is 5.91 Å². The minimum Gasteiger partial charge on any atom is -0.371 e. The van der Waals surface area contributed by atoms with E-state index < -0.39 is 11.5 Å². The molecule has 86 valence electrons. The number of benzene rings is 1. The van der Waals surface area contributed by atoms with Crippen molar-refractivity contribution in [1.29, 1.82) is 0 Å². The molecule has 1 aliphatic heterocycles. The van der Waals surface area contributed by atoms with Crippen LogP contribution in [0.2, 0.25) is 0 Å². The number of aromatic nitrogens is 1. The smallest absolute Gasteiger partial charge is 0.267 e. The lowest BCUT2D eigenvalue weighted by atomic mass is 9.91. The average molecular weight is 228 g/mol. The van der Waals surface area contributed by atoms with Crippen molar-refractivity contribution in [2.24, 2.45) is 0 Å². The summed E-state index contributed by atoms with van der Waals surface area (Å²) >= 11 is 0. The number of aliphatic hydroxyl groups is 1. The van der Waals surface area contributed by atoms with Gasteiger partial charge in [-0.1, -0.05) is 17.7 Å². The van der Waals surface area contributed by atoms with E-state index in [0.717, 1.165) is 5.56 Å². The van der Waals surface area contributed by atoms with Crippen LogP contribution in [0.25, 0.3) is 0 Å². The summed E-state index contributed by atoms with van der Waals surface area (Å²) in [6.45, 7) is 1.93. The van der Waals surface area contributed by atoms with Crippen molar-refractivity contribution in [3.63, 3.8) is 0 Å². The Balaban J connectivity index is 2.26. The molecule has 0 saturated carbocycles. The predicted molar refractivity (Wildman–Crippen MR) is 63.6 cm³/mol. The van der Waals surface area contributed by atoms with Crippen LogP contribution in [-0.4, -0.2) is 16.0 Å². The van der Waals surface area contributed by atoms with Gasteiger partial charge in [0.15, 0.2) is 0 Å². The van der Waals surface area contributed by atoms with Gasteiger partial charge in [-0.3, -0.25) is 4.79 Å². The van der Waals surface area contributed by atoms with E-state index in [9.17, 15) is 9.90 Å². The number of H-pyrrole nitrogens is 1. The summed E-state index contributed by atoms with van der Waals surface area (Å²) in [6.07, 6.45) is 1.69. The highest BCUT2D eigenvalue weighted by molar-refractivity contribution is 6.07. The van der Waals surface area contributed by atoms with Gasteiger partial charge in [-0.2, -0.15) is 0 Å². The Kier molecular flexibility index (Phi) is 1.91. The Morgan fingerprint density at radius 3 is 2.82 bits per heavy atom. The summed E-state index contributed by atoms with van der Waals surface area (Å²) in [5, 5.41) is 13.3. The van der Waals surface area contributed by atoms with Gasteiger partial charge in [-0.25, -0.2) is 0 Å². The summed E-state index contributed by atoms with van der Waals surface area (Å²) in [5.74, 6) is -0.416. The third-order valence-corrected chi connectivity index (χ3v) is 3.13. The second-order valence-electron chi connectivity index (χ2n) is 4.30. The zero-order valence-corrected chi connectivity index (χ0v) is 9.32. The highest BCUT2D eigenvalue weighted by Crippen LogP contribution is 2.40. The monoisotopic (exact) mass is 228 g/mol. The lowest BCUT2D eigenvalue weighted by Gasteiger charge is -2.19. The second kappa shape index (κ2) is 3.21. The molecule has 1 atom stereocenters. The molecule has 1 aromatic carbocycles. The van der Waals surface area contributed by atoms with Gasteiger partial charge in [0.1, 0.15) is 0 Å². The SMILES string of the molecule is Cc1ccc2c(c1)[C@](O)(c1ccc[nH]1)C(=O)N2. The van der Waals surface area contributed by atoms with E-state index in [4.69, 9.17) is 0 Å². The molecule has 2 aromatic rings. The molecule has 1 aromatic heterocycles. The van der Waals surface area contributed by atoms with E-state index in [1.165, 1.54) is 0 Å². The number of aromatic amines is 1. The molecule has 4 heteroatoms. The van der Waals surface area contributed by atoms with E-state index >= 15 is 0 Å². The summed E-state index contributed by atoms with van der Waals surface area (Å²) in [5.41, 5.74) is 1.15. The van der Waals surface area contributed by atoms with Crippen molar-refractivity contribution >= 4 is 11.6 Å². The minimum absolute atomic E-state index is 0.416.